The van der Waals surface area contributed by atoms with Crippen LogP contribution in [0, 0.1) is 11.3 Å². The zero-order valence-corrected chi connectivity index (χ0v) is 10.4. The average molecular weight is 265 g/mol. The highest BCUT2D eigenvalue weighted by molar-refractivity contribution is 7.16. The molecule has 0 spiro atoms. The maximum atomic E-state index is 8.74. The van der Waals surface area contributed by atoms with Gasteiger partial charge in [0.1, 0.15) is 10.9 Å². The molecule has 0 aromatic carbocycles. The van der Waals surface area contributed by atoms with E-state index in [9.17, 15) is 0 Å². The van der Waals surface area contributed by atoms with Gasteiger partial charge in [0.15, 0.2) is 10.3 Å². The largest absolute Gasteiger partial charge is 0.361 e. The molecule has 0 amide bonds. The van der Waals surface area contributed by atoms with Crippen molar-refractivity contribution in [3.05, 3.63) is 40.1 Å². The van der Waals surface area contributed by atoms with Crippen molar-refractivity contribution in [2.45, 2.75) is 6.42 Å². The Morgan fingerprint density at radius 2 is 2.18 bits per heavy atom. The number of rotatable bonds is 4. The molecule has 2 heterocycles. The number of thiazole rings is 1. The Bertz CT molecular complexity index is 532. The fourth-order valence-corrected chi connectivity index (χ4v) is 2.28. The minimum absolute atomic E-state index is 0.268. The van der Waals surface area contributed by atoms with Gasteiger partial charge in [-0.05, 0) is 24.1 Å². The lowest BCUT2D eigenvalue weighted by molar-refractivity contribution is 1.01. The summed E-state index contributed by atoms with van der Waals surface area (Å²) in [4.78, 5) is 8.45. The van der Waals surface area contributed by atoms with E-state index in [4.69, 9.17) is 16.9 Å². The molecule has 0 aliphatic heterocycles. The number of hydrogen-bond donors (Lipinski definition) is 1. The van der Waals surface area contributed by atoms with Gasteiger partial charge < -0.3 is 5.32 Å². The van der Waals surface area contributed by atoms with Gasteiger partial charge in [0.05, 0.1) is 0 Å². The lowest BCUT2D eigenvalue weighted by Gasteiger charge is -2.01. The van der Waals surface area contributed by atoms with Crippen LogP contribution in [0.4, 0.5) is 5.13 Å². The molecule has 0 saturated heterocycles. The van der Waals surface area contributed by atoms with E-state index in [1.807, 2.05) is 18.2 Å². The van der Waals surface area contributed by atoms with Crippen LogP contribution in [-0.4, -0.2) is 16.5 Å². The van der Waals surface area contributed by atoms with Crippen LogP contribution in [-0.2, 0) is 6.42 Å². The van der Waals surface area contributed by atoms with Crippen molar-refractivity contribution in [1.29, 1.82) is 5.26 Å². The molecule has 86 valence electrons. The fraction of sp³-hybridized carbons (Fsp3) is 0.182. The maximum Gasteiger partial charge on any atom is 0.185 e. The number of aromatic nitrogens is 2. The SMILES string of the molecule is N#Cc1sc(NCCc2ccncc2)nc1Cl. The van der Waals surface area contributed by atoms with Crippen molar-refractivity contribution in [2.24, 2.45) is 0 Å². The number of halogens is 1. The Labute approximate surface area is 108 Å². The van der Waals surface area contributed by atoms with Crippen LogP contribution >= 0.6 is 22.9 Å². The summed E-state index contributed by atoms with van der Waals surface area (Å²) < 4.78 is 0. The monoisotopic (exact) mass is 264 g/mol. The van der Waals surface area contributed by atoms with Gasteiger partial charge in [-0.15, -0.1) is 0 Å². The number of hydrogen-bond acceptors (Lipinski definition) is 5. The summed E-state index contributed by atoms with van der Waals surface area (Å²) in [6, 6.07) is 5.94. The van der Waals surface area contributed by atoms with Gasteiger partial charge in [-0.2, -0.15) is 5.26 Å². The second kappa shape index (κ2) is 5.62. The zero-order valence-electron chi connectivity index (χ0n) is 8.85. The van der Waals surface area contributed by atoms with Crippen molar-refractivity contribution in [1.82, 2.24) is 9.97 Å². The zero-order chi connectivity index (χ0) is 12.1. The molecule has 2 aromatic heterocycles. The third-order valence-electron chi connectivity index (χ3n) is 2.13. The van der Waals surface area contributed by atoms with Gasteiger partial charge in [0.25, 0.3) is 0 Å². The number of anilines is 1. The first kappa shape index (κ1) is 11.8. The van der Waals surface area contributed by atoms with Crippen molar-refractivity contribution in [3.63, 3.8) is 0 Å². The topological polar surface area (TPSA) is 61.6 Å². The Balaban J connectivity index is 1.88. The molecule has 0 saturated carbocycles. The summed E-state index contributed by atoms with van der Waals surface area (Å²) in [6.07, 6.45) is 4.41. The molecule has 0 aliphatic rings. The number of nitriles is 1. The van der Waals surface area contributed by atoms with Crippen LogP contribution in [0.2, 0.25) is 5.15 Å². The van der Waals surface area contributed by atoms with Crippen molar-refractivity contribution >= 4 is 28.1 Å². The summed E-state index contributed by atoms with van der Waals surface area (Å²) in [5.74, 6) is 0. The van der Waals surface area contributed by atoms with Gasteiger partial charge in [-0.1, -0.05) is 22.9 Å². The molecule has 0 unspecified atom stereocenters. The highest BCUT2D eigenvalue weighted by Gasteiger charge is 2.07. The molecular weight excluding hydrogens is 256 g/mol. The highest BCUT2D eigenvalue weighted by atomic mass is 35.5. The second-order valence-corrected chi connectivity index (χ2v) is 4.64. The maximum absolute atomic E-state index is 8.74. The molecule has 0 bridgehead atoms. The van der Waals surface area contributed by atoms with E-state index in [0.29, 0.717) is 10.0 Å². The normalized spacial score (nSPS) is 9.88. The molecule has 0 aliphatic carbocycles. The van der Waals surface area contributed by atoms with Gasteiger partial charge in [-0.3, -0.25) is 4.98 Å². The summed E-state index contributed by atoms with van der Waals surface area (Å²) in [5, 5.41) is 12.8. The van der Waals surface area contributed by atoms with Crippen LogP contribution in [0.3, 0.4) is 0 Å². The Kier molecular flexibility index (Phi) is 3.91. The van der Waals surface area contributed by atoms with E-state index in [-0.39, 0.29) is 5.15 Å². The molecule has 0 radical (unpaired) electrons. The van der Waals surface area contributed by atoms with E-state index in [2.05, 4.69) is 15.3 Å². The molecule has 0 fully saturated rings. The van der Waals surface area contributed by atoms with Gasteiger partial charge in [0.2, 0.25) is 0 Å². The number of pyridine rings is 1. The minimum atomic E-state index is 0.268. The Morgan fingerprint density at radius 3 is 2.82 bits per heavy atom. The smallest absolute Gasteiger partial charge is 0.185 e. The van der Waals surface area contributed by atoms with E-state index >= 15 is 0 Å². The third-order valence-corrected chi connectivity index (χ3v) is 3.43. The van der Waals surface area contributed by atoms with E-state index in [1.54, 1.807) is 12.4 Å². The molecular formula is C11H9ClN4S. The molecule has 0 atom stereocenters. The molecule has 4 nitrogen and oxygen atoms in total. The first-order chi connectivity index (χ1) is 8.29. The third kappa shape index (κ3) is 3.16. The van der Waals surface area contributed by atoms with E-state index < -0.39 is 0 Å². The lowest BCUT2D eigenvalue weighted by Crippen LogP contribution is -2.04. The van der Waals surface area contributed by atoms with Crippen LogP contribution in [0.5, 0.6) is 0 Å². The van der Waals surface area contributed by atoms with Crippen molar-refractivity contribution < 1.29 is 0 Å². The molecule has 1 N–H and O–H groups in total. The first-order valence-electron chi connectivity index (χ1n) is 4.99. The predicted molar refractivity (Wildman–Crippen MR) is 68.3 cm³/mol. The highest BCUT2D eigenvalue weighted by Crippen LogP contribution is 2.25. The van der Waals surface area contributed by atoms with Gasteiger partial charge in [-0.25, -0.2) is 4.98 Å². The summed E-state index contributed by atoms with van der Waals surface area (Å²) in [6.45, 7) is 0.749. The Hall–Kier alpha value is -1.64. The molecule has 2 rings (SSSR count). The standard InChI is InChI=1S/C11H9ClN4S/c12-10-9(7-13)17-11(16-10)15-6-3-8-1-4-14-5-2-8/h1-2,4-5H,3,6H2,(H,15,16). The quantitative estimate of drug-likeness (QED) is 0.922. The Morgan fingerprint density at radius 1 is 1.41 bits per heavy atom. The average Bonchev–Trinajstić information content (AvgIpc) is 2.71. The second-order valence-electron chi connectivity index (χ2n) is 3.28. The fourth-order valence-electron chi connectivity index (χ4n) is 1.31. The first-order valence-corrected chi connectivity index (χ1v) is 6.18. The summed E-state index contributed by atoms with van der Waals surface area (Å²) >= 11 is 7.04. The van der Waals surface area contributed by atoms with Crippen LogP contribution < -0.4 is 5.32 Å². The summed E-state index contributed by atoms with van der Waals surface area (Å²) in [5.41, 5.74) is 1.20. The minimum Gasteiger partial charge on any atom is -0.361 e. The van der Waals surface area contributed by atoms with Gasteiger partial charge >= 0.3 is 0 Å². The van der Waals surface area contributed by atoms with E-state index in [1.165, 1.54) is 16.9 Å². The lowest BCUT2D eigenvalue weighted by atomic mass is 10.2. The van der Waals surface area contributed by atoms with Crippen molar-refractivity contribution in [2.75, 3.05) is 11.9 Å². The van der Waals surface area contributed by atoms with Crippen LogP contribution in [0.1, 0.15) is 10.4 Å². The molecule has 6 heteroatoms. The molecule has 2 aromatic rings. The van der Waals surface area contributed by atoms with E-state index in [0.717, 1.165) is 13.0 Å². The van der Waals surface area contributed by atoms with Crippen molar-refractivity contribution in [3.8, 4) is 6.07 Å². The number of nitrogens with one attached hydrogen (secondary N) is 1. The van der Waals surface area contributed by atoms with Gasteiger partial charge in [0, 0.05) is 18.9 Å². The summed E-state index contributed by atoms with van der Waals surface area (Å²) in [7, 11) is 0. The van der Waals surface area contributed by atoms with Crippen LogP contribution in [0.15, 0.2) is 24.5 Å². The number of nitrogens with zero attached hydrogens (tertiary/aromatic N) is 3. The predicted octanol–water partition coefficient (Wildman–Crippen LogP) is 2.72. The molecule has 17 heavy (non-hydrogen) atoms. The van der Waals surface area contributed by atoms with Crippen LogP contribution in [0.25, 0.3) is 0 Å².